The van der Waals surface area contributed by atoms with Gasteiger partial charge in [-0.15, -0.1) is 0 Å². The van der Waals surface area contributed by atoms with Crippen molar-refractivity contribution >= 4 is 27.5 Å². The highest BCUT2D eigenvalue weighted by atomic mass is 79.9. The molecule has 0 amide bonds. The Bertz CT molecular complexity index is 410. The third kappa shape index (κ3) is 3.20. The number of rotatable bonds is 4. The third-order valence-electron chi connectivity index (χ3n) is 2.21. The van der Waals surface area contributed by atoms with Gasteiger partial charge in [-0.1, -0.05) is 40.2 Å². The minimum atomic E-state index is -0.211. The average Bonchev–Trinajstić information content (AvgIpc) is 2.21. The van der Waals surface area contributed by atoms with E-state index in [1.165, 1.54) is 0 Å². The first kappa shape index (κ1) is 13.0. The quantitative estimate of drug-likeness (QED) is 0.789. The second-order valence-corrected chi connectivity index (χ2v) is 4.38. The molecule has 2 nitrogen and oxygen atoms in total. The highest BCUT2D eigenvalue weighted by molar-refractivity contribution is 9.10. The molecule has 0 bridgehead atoms. The molecule has 1 rings (SSSR count). The van der Waals surface area contributed by atoms with Gasteiger partial charge < -0.3 is 4.74 Å². The molecule has 16 heavy (non-hydrogen) atoms. The Morgan fingerprint density at radius 1 is 1.50 bits per heavy atom. The standard InChI is InChI=1S/C13H15BrO2/c1-4-16-13(15)8-11-10(9(2)3)6-5-7-12(11)14/h5-7H,2,4,8H2,1,3H3. The monoisotopic (exact) mass is 282 g/mol. The van der Waals surface area contributed by atoms with Crippen LogP contribution in [0.15, 0.2) is 29.3 Å². The Balaban J connectivity index is 3.01. The van der Waals surface area contributed by atoms with Crippen molar-refractivity contribution in [2.75, 3.05) is 6.61 Å². The molecule has 0 spiro atoms. The fourth-order valence-electron chi connectivity index (χ4n) is 1.49. The van der Waals surface area contributed by atoms with Crippen molar-refractivity contribution in [2.24, 2.45) is 0 Å². The summed E-state index contributed by atoms with van der Waals surface area (Å²) in [6, 6.07) is 5.81. The van der Waals surface area contributed by atoms with Crippen molar-refractivity contribution in [2.45, 2.75) is 20.3 Å². The number of benzene rings is 1. The van der Waals surface area contributed by atoms with Crippen LogP contribution in [0.25, 0.3) is 5.57 Å². The molecule has 3 heteroatoms. The Labute approximate surface area is 104 Å². The van der Waals surface area contributed by atoms with Crippen molar-refractivity contribution in [1.82, 2.24) is 0 Å². The molecule has 0 aromatic heterocycles. The van der Waals surface area contributed by atoms with Crippen LogP contribution >= 0.6 is 15.9 Å². The predicted octanol–water partition coefficient (Wildman–Crippen LogP) is 3.59. The van der Waals surface area contributed by atoms with E-state index in [1.54, 1.807) is 6.92 Å². The molecule has 0 atom stereocenters. The van der Waals surface area contributed by atoms with E-state index in [4.69, 9.17) is 4.74 Å². The van der Waals surface area contributed by atoms with Crippen LogP contribution in [-0.4, -0.2) is 12.6 Å². The molecule has 0 saturated heterocycles. The molecular formula is C13H15BrO2. The zero-order valence-electron chi connectivity index (χ0n) is 9.55. The number of carbonyl (C=O) groups excluding carboxylic acids is 1. The molecule has 0 fully saturated rings. The van der Waals surface area contributed by atoms with Gasteiger partial charge in [-0.2, -0.15) is 0 Å². The van der Waals surface area contributed by atoms with Gasteiger partial charge >= 0.3 is 5.97 Å². The van der Waals surface area contributed by atoms with Crippen molar-refractivity contribution in [3.05, 3.63) is 40.4 Å². The summed E-state index contributed by atoms with van der Waals surface area (Å²) in [6.45, 7) is 8.05. The summed E-state index contributed by atoms with van der Waals surface area (Å²) < 4.78 is 5.86. The number of allylic oxidation sites excluding steroid dienone is 1. The maximum absolute atomic E-state index is 11.5. The fourth-order valence-corrected chi connectivity index (χ4v) is 2.00. The van der Waals surface area contributed by atoms with Gasteiger partial charge in [-0.3, -0.25) is 4.79 Å². The normalized spacial score (nSPS) is 9.94. The van der Waals surface area contributed by atoms with Gasteiger partial charge in [0.25, 0.3) is 0 Å². The van der Waals surface area contributed by atoms with Crippen molar-refractivity contribution in [3.63, 3.8) is 0 Å². The highest BCUT2D eigenvalue weighted by Crippen LogP contribution is 2.26. The number of carbonyl (C=O) groups is 1. The summed E-state index contributed by atoms with van der Waals surface area (Å²) >= 11 is 3.45. The summed E-state index contributed by atoms with van der Waals surface area (Å²) in [6.07, 6.45) is 0.275. The van der Waals surface area contributed by atoms with Crippen molar-refractivity contribution in [3.8, 4) is 0 Å². The lowest BCUT2D eigenvalue weighted by Gasteiger charge is -2.10. The van der Waals surface area contributed by atoms with E-state index in [9.17, 15) is 4.79 Å². The van der Waals surface area contributed by atoms with Crippen LogP contribution in [0.3, 0.4) is 0 Å². The van der Waals surface area contributed by atoms with Gasteiger partial charge in [0, 0.05) is 4.47 Å². The second kappa shape index (κ2) is 5.85. The van der Waals surface area contributed by atoms with E-state index in [2.05, 4.69) is 22.5 Å². The van der Waals surface area contributed by atoms with Crippen LogP contribution < -0.4 is 0 Å². The molecule has 0 aliphatic carbocycles. The maximum atomic E-state index is 11.5. The lowest BCUT2D eigenvalue weighted by Crippen LogP contribution is -2.09. The first-order valence-corrected chi connectivity index (χ1v) is 5.94. The van der Waals surface area contributed by atoms with Crippen LogP contribution in [0.2, 0.25) is 0 Å². The van der Waals surface area contributed by atoms with E-state index in [0.29, 0.717) is 6.61 Å². The molecule has 1 aromatic carbocycles. The van der Waals surface area contributed by atoms with Crippen LogP contribution in [0.5, 0.6) is 0 Å². The summed E-state index contributed by atoms with van der Waals surface area (Å²) in [5.74, 6) is -0.211. The fraction of sp³-hybridized carbons (Fsp3) is 0.308. The third-order valence-corrected chi connectivity index (χ3v) is 2.95. The molecular weight excluding hydrogens is 268 g/mol. The Morgan fingerprint density at radius 3 is 2.75 bits per heavy atom. The molecule has 0 aliphatic rings. The molecule has 0 unspecified atom stereocenters. The average molecular weight is 283 g/mol. The minimum absolute atomic E-state index is 0.211. The number of esters is 1. The largest absolute Gasteiger partial charge is 0.466 e. The number of halogens is 1. The molecule has 0 aliphatic heterocycles. The predicted molar refractivity (Wildman–Crippen MR) is 69.2 cm³/mol. The summed E-state index contributed by atoms with van der Waals surface area (Å²) in [7, 11) is 0. The van der Waals surface area contributed by atoms with Gasteiger partial charge in [-0.25, -0.2) is 0 Å². The van der Waals surface area contributed by atoms with Crippen molar-refractivity contribution < 1.29 is 9.53 Å². The highest BCUT2D eigenvalue weighted by Gasteiger charge is 2.12. The van der Waals surface area contributed by atoms with E-state index in [-0.39, 0.29) is 12.4 Å². The number of hydrogen-bond acceptors (Lipinski definition) is 2. The lowest BCUT2D eigenvalue weighted by molar-refractivity contribution is -0.142. The molecule has 0 saturated carbocycles. The second-order valence-electron chi connectivity index (χ2n) is 3.53. The first-order chi connectivity index (χ1) is 7.56. The van der Waals surface area contributed by atoms with E-state index >= 15 is 0 Å². The van der Waals surface area contributed by atoms with Crippen LogP contribution in [0.4, 0.5) is 0 Å². The zero-order chi connectivity index (χ0) is 12.1. The molecule has 0 N–H and O–H groups in total. The minimum Gasteiger partial charge on any atom is -0.466 e. The topological polar surface area (TPSA) is 26.3 Å². The van der Waals surface area contributed by atoms with Crippen LogP contribution in [0.1, 0.15) is 25.0 Å². The van der Waals surface area contributed by atoms with Gasteiger partial charge in [0.05, 0.1) is 13.0 Å². The maximum Gasteiger partial charge on any atom is 0.310 e. The SMILES string of the molecule is C=C(C)c1cccc(Br)c1CC(=O)OCC. The van der Waals surface area contributed by atoms with Gasteiger partial charge in [0.1, 0.15) is 0 Å². The van der Waals surface area contributed by atoms with Crippen molar-refractivity contribution in [1.29, 1.82) is 0 Å². The molecule has 1 aromatic rings. The molecule has 0 radical (unpaired) electrons. The Hall–Kier alpha value is -1.09. The van der Waals surface area contributed by atoms with E-state index in [1.807, 2.05) is 25.1 Å². The van der Waals surface area contributed by atoms with Gasteiger partial charge in [0.15, 0.2) is 0 Å². The Morgan fingerprint density at radius 2 is 2.19 bits per heavy atom. The smallest absolute Gasteiger partial charge is 0.310 e. The van der Waals surface area contributed by atoms with Crippen LogP contribution in [0, 0.1) is 0 Å². The molecule has 86 valence electrons. The summed E-state index contributed by atoms with van der Waals surface area (Å²) in [5.41, 5.74) is 2.89. The first-order valence-electron chi connectivity index (χ1n) is 5.15. The van der Waals surface area contributed by atoms with E-state index in [0.717, 1.165) is 21.2 Å². The lowest BCUT2D eigenvalue weighted by atomic mass is 10.00. The summed E-state index contributed by atoms with van der Waals surface area (Å²) in [4.78, 5) is 11.5. The van der Waals surface area contributed by atoms with Gasteiger partial charge in [-0.05, 0) is 31.0 Å². The van der Waals surface area contributed by atoms with E-state index < -0.39 is 0 Å². The Kier molecular flexibility index (Phi) is 4.74. The van der Waals surface area contributed by atoms with Gasteiger partial charge in [0.2, 0.25) is 0 Å². The number of ether oxygens (including phenoxy) is 1. The van der Waals surface area contributed by atoms with Crippen LogP contribution in [-0.2, 0) is 16.0 Å². The summed E-state index contributed by atoms with van der Waals surface area (Å²) in [5, 5.41) is 0. The molecule has 0 heterocycles. The number of hydrogen-bond donors (Lipinski definition) is 0. The zero-order valence-corrected chi connectivity index (χ0v) is 11.1.